The summed E-state index contributed by atoms with van der Waals surface area (Å²) in [7, 11) is -3.58. The Hall–Kier alpha value is -1.69. The highest BCUT2D eigenvalue weighted by molar-refractivity contribution is 7.89. The van der Waals surface area contributed by atoms with E-state index in [1.54, 1.807) is 24.3 Å². The van der Waals surface area contributed by atoms with Gasteiger partial charge >= 0.3 is 0 Å². The third-order valence-corrected chi connectivity index (χ3v) is 4.85. The Morgan fingerprint density at radius 2 is 1.70 bits per heavy atom. The van der Waals surface area contributed by atoms with Crippen molar-refractivity contribution in [2.45, 2.75) is 25.0 Å². The van der Waals surface area contributed by atoms with Crippen LogP contribution in [0, 0.1) is 13.8 Å². The molecule has 0 saturated carbocycles. The summed E-state index contributed by atoms with van der Waals surface area (Å²) in [5, 5.41) is 0. The van der Waals surface area contributed by atoms with Crippen molar-refractivity contribution in [1.29, 1.82) is 0 Å². The molecule has 0 amide bonds. The van der Waals surface area contributed by atoms with Crippen LogP contribution in [0.2, 0.25) is 0 Å². The minimum atomic E-state index is -3.58. The average molecular weight is 289 g/mol. The summed E-state index contributed by atoms with van der Waals surface area (Å²) >= 11 is 0. The Labute approximate surface area is 118 Å². The molecule has 2 aromatic carbocycles. The van der Waals surface area contributed by atoms with Gasteiger partial charge in [-0.1, -0.05) is 47.5 Å². The molecule has 1 aliphatic rings. The van der Waals surface area contributed by atoms with Crippen LogP contribution in [0.25, 0.3) is 0 Å². The van der Waals surface area contributed by atoms with Crippen molar-refractivity contribution in [2.75, 3.05) is 0 Å². The SMILES string of the molecule is Cc1ccc(S(=O)(=O)N2O[C@H]2c2cccc(C)c2)cc1. The van der Waals surface area contributed by atoms with Crippen molar-refractivity contribution in [3.8, 4) is 0 Å². The lowest BCUT2D eigenvalue weighted by Gasteiger charge is -2.03. The predicted molar refractivity (Wildman–Crippen MR) is 75.2 cm³/mol. The van der Waals surface area contributed by atoms with Gasteiger partial charge in [0.2, 0.25) is 0 Å². The summed E-state index contributed by atoms with van der Waals surface area (Å²) < 4.78 is 25.8. The van der Waals surface area contributed by atoms with Crippen LogP contribution in [-0.2, 0) is 14.9 Å². The first-order valence-electron chi connectivity index (χ1n) is 6.33. The van der Waals surface area contributed by atoms with Gasteiger partial charge in [0.05, 0.1) is 4.90 Å². The molecule has 20 heavy (non-hydrogen) atoms. The van der Waals surface area contributed by atoms with E-state index in [0.717, 1.165) is 21.2 Å². The molecule has 0 radical (unpaired) electrons. The number of hydroxylamine groups is 1. The Morgan fingerprint density at radius 3 is 2.35 bits per heavy atom. The van der Waals surface area contributed by atoms with Gasteiger partial charge in [0.15, 0.2) is 6.23 Å². The average Bonchev–Trinajstić information content (AvgIpc) is 3.20. The molecule has 0 spiro atoms. The van der Waals surface area contributed by atoms with Gasteiger partial charge in [-0.2, -0.15) is 0 Å². The lowest BCUT2D eigenvalue weighted by atomic mass is 10.1. The van der Waals surface area contributed by atoms with E-state index in [0.29, 0.717) is 0 Å². The van der Waals surface area contributed by atoms with Crippen LogP contribution in [0.15, 0.2) is 53.4 Å². The van der Waals surface area contributed by atoms with Gasteiger partial charge in [-0.05, 0) is 30.4 Å². The molecule has 1 heterocycles. The fourth-order valence-corrected chi connectivity index (χ4v) is 3.33. The molecule has 2 atom stereocenters. The Balaban J connectivity index is 1.86. The van der Waals surface area contributed by atoms with Crippen LogP contribution < -0.4 is 0 Å². The molecule has 5 heteroatoms. The Morgan fingerprint density at radius 1 is 1.00 bits per heavy atom. The lowest BCUT2D eigenvalue weighted by molar-refractivity contribution is 0.283. The van der Waals surface area contributed by atoms with Crippen LogP contribution in [0.4, 0.5) is 0 Å². The molecule has 4 nitrogen and oxygen atoms in total. The highest BCUT2D eigenvalue weighted by atomic mass is 32.2. The fourth-order valence-electron chi connectivity index (χ4n) is 2.07. The molecule has 1 unspecified atom stereocenters. The second-order valence-corrected chi connectivity index (χ2v) is 6.73. The topological polar surface area (TPSA) is 49.7 Å². The molecule has 0 aromatic heterocycles. The quantitative estimate of drug-likeness (QED) is 0.816. The third kappa shape index (κ3) is 2.35. The van der Waals surface area contributed by atoms with Gasteiger partial charge < -0.3 is 0 Å². The Kier molecular flexibility index (Phi) is 3.12. The molecule has 104 valence electrons. The lowest BCUT2D eigenvalue weighted by Crippen LogP contribution is -2.12. The molecule has 0 bridgehead atoms. The second kappa shape index (κ2) is 4.70. The molecule has 1 saturated heterocycles. The maximum atomic E-state index is 12.4. The molecular weight excluding hydrogens is 274 g/mol. The number of nitrogens with zero attached hydrogens (tertiary/aromatic N) is 1. The molecule has 1 aliphatic heterocycles. The number of sulfonamides is 1. The van der Waals surface area contributed by atoms with Gasteiger partial charge in [-0.3, -0.25) is 4.84 Å². The zero-order valence-electron chi connectivity index (χ0n) is 11.3. The van der Waals surface area contributed by atoms with Crippen LogP contribution in [-0.4, -0.2) is 12.9 Å². The van der Waals surface area contributed by atoms with E-state index < -0.39 is 16.3 Å². The van der Waals surface area contributed by atoms with Gasteiger partial charge in [-0.25, -0.2) is 8.42 Å². The minimum Gasteiger partial charge on any atom is -0.253 e. The fraction of sp³-hybridized carbons (Fsp3) is 0.200. The largest absolute Gasteiger partial charge is 0.267 e. The molecule has 0 aliphatic carbocycles. The van der Waals surface area contributed by atoms with Crippen molar-refractivity contribution >= 4 is 10.0 Å². The van der Waals surface area contributed by atoms with E-state index in [1.165, 1.54) is 0 Å². The molecule has 1 fully saturated rings. The molecule has 2 aromatic rings. The maximum absolute atomic E-state index is 12.4. The number of hydrogen-bond acceptors (Lipinski definition) is 3. The van der Waals surface area contributed by atoms with Gasteiger partial charge in [-0.15, -0.1) is 0 Å². The van der Waals surface area contributed by atoms with Gasteiger partial charge in [0, 0.05) is 5.56 Å². The van der Waals surface area contributed by atoms with Crippen molar-refractivity contribution in [3.05, 3.63) is 65.2 Å². The standard InChI is InChI=1S/C15H15NO3S/c1-11-6-8-14(9-7-11)20(17,18)16-15(19-16)13-5-3-4-12(2)10-13/h3-10,15H,1-2H3/t15-,16?/m0/s1. The summed E-state index contributed by atoms with van der Waals surface area (Å²) in [5.74, 6) is 0. The highest BCUT2D eigenvalue weighted by Gasteiger charge is 2.48. The van der Waals surface area contributed by atoms with E-state index in [2.05, 4.69) is 0 Å². The zero-order chi connectivity index (χ0) is 14.3. The third-order valence-electron chi connectivity index (χ3n) is 3.23. The smallest absolute Gasteiger partial charge is 0.253 e. The molecular formula is C15H15NO3S. The van der Waals surface area contributed by atoms with E-state index >= 15 is 0 Å². The summed E-state index contributed by atoms with van der Waals surface area (Å²) in [6, 6.07) is 14.4. The van der Waals surface area contributed by atoms with Crippen LogP contribution in [0.3, 0.4) is 0 Å². The number of aryl methyl sites for hydroxylation is 2. The van der Waals surface area contributed by atoms with Crippen LogP contribution in [0.1, 0.15) is 22.9 Å². The summed E-state index contributed by atoms with van der Waals surface area (Å²) in [4.78, 5) is 5.50. The monoisotopic (exact) mass is 289 g/mol. The first kappa shape index (κ1) is 13.3. The predicted octanol–water partition coefficient (Wildman–Crippen LogP) is 2.94. The minimum absolute atomic E-state index is 0.248. The summed E-state index contributed by atoms with van der Waals surface area (Å²) in [5.41, 5.74) is 2.94. The van der Waals surface area contributed by atoms with E-state index in [9.17, 15) is 8.42 Å². The van der Waals surface area contributed by atoms with Crippen molar-refractivity contribution in [1.82, 2.24) is 4.47 Å². The number of rotatable bonds is 3. The summed E-state index contributed by atoms with van der Waals surface area (Å²) in [6.45, 7) is 3.88. The van der Waals surface area contributed by atoms with Crippen molar-refractivity contribution in [2.24, 2.45) is 0 Å². The van der Waals surface area contributed by atoms with Gasteiger partial charge in [0.1, 0.15) is 0 Å². The second-order valence-electron chi connectivity index (χ2n) is 4.95. The first-order valence-corrected chi connectivity index (χ1v) is 7.77. The first-order chi connectivity index (χ1) is 9.48. The number of benzene rings is 2. The zero-order valence-corrected chi connectivity index (χ0v) is 12.1. The van der Waals surface area contributed by atoms with E-state index in [1.807, 2.05) is 38.1 Å². The van der Waals surface area contributed by atoms with Crippen molar-refractivity contribution in [3.63, 3.8) is 0 Å². The normalized spacial score (nSPS) is 21.7. The van der Waals surface area contributed by atoms with E-state index in [4.69, 9.17) is 4.84 Å². The summed E-state index contributed by atoms with van der Waals surface area (Å²) in [6.07, 6.45) is -0.513. The van der Waals surface area contributed by atoms with Gasteiger partial charge in [0.25, 0.3) is 10.0 Å². The maximum Gasteiger partial charge on any atom is 0.267 e. The van der Waals surface area contributed by atoms with Crippen LogP contribution >= 0.6 is 0 Å². The number of hydrogen-bond donors (Lipinski definition) is 0. The Bertz CT molecular complexity index is 738. The van der Waals surface area contributed by atoms with Crippen molar-refractivity contribution < 1.29 is 13.3 Å². The van der Waals surface area contributed by atoms with E-state index in [-0.39, 0.29) is 4.90 Å². The molecule has 0 N–H and O–H groups in total. The van der Waals surface area contributed by atoms with Crippen LogP contribution in [0.5, 0.6) is 0 Å². The molecule has 3 rings (SSSR count). The highest BCUT2D eigenvalue weighted by Crippen LogP contribution is 2.42.